The van der Waals surface area contributed by atoms with Crippen molar-refractivity contribution in [3.8, 4) is 5.75 Å². The van der Waals surface area contributed by atoms with Crippen LogP contribution in [-0.2, 0) is 9.84 Å². The SMILES string of the molecule is Cc1c(F)c(F)c(F)c(S(=O)(=O)C(C)C)c1OC(F)(F)F. The van der Waals surface area contributed by atoms with E-state index in [2.05, 4.69) is 4.74 Å². The number of rotatable bonds is 3. The van der Waals surface area contributed by atoms with E-state index in [-0.39, 0.29) is 0 Å². The molecule has 0 aliphatic rings. The molecule has 1 aromatic rings. The Hall–Kier alpha value is -1.45. The van der Waals surface area contributed by atoms with E-state index < -0.39 is 55.1 Å². The molecular formula is C11H10F6O3S. The molecule has 0 bridgehead atoms. The summed E-state index contributed by atoms with van der Waals surface area (Å²) in [5.41, 5.74) is -1.09. The highest BCUT2D eigenvalue weighted by atomic mass is 32.2. The molecule has 0 unspecified atom stereocenters. The lowest BCUT2D eigenvalue weighted by Gasteiger charge is -2.18. The van der Waals surface area contributed by atoms with Crippen molar-refractivity contribution >= 4 is 9.84 Å². The average molecular weight is 336 g/mol. The van der Waals surface area contributed by atoms with Gasteiger partial charge in [0, 0.05) is 5.56 Å². The molecule has 120 valence electrons. The van der Waals surface area contributed by atoms with Crippen LogP contribution in [0.15, 0.2) is 4.90 Å². The maximum absolute atomic E-state index is 13.7. The molecule has 0 N–H and O–H groups in total. The average Bonchev–Trinajstić information content (AvgIpc) is 2.31. The summed E-state index contributed by atoms with van der Waals surface area (Å²) in [6, 6.07) is 0. The van der Waals surface area contributed by atoms with Crippen LogP contribution in [0.3, 0.4) is 0 Å². The van der Waals surface area contributed by atoms with Gasteiger partial charge in [-0.25, -0.2) is 21.6 Å². The zero-order valence-corrected chi connectivity index (χ0v) is 11.8. The van der Waals surface area contributed by atoms with Gasteiger partial charge in [-0.2, -0.15) is 0 Å². The van der Waals surface area contributed by atoms with Gasteiger partial charge in [-0.05, 0) is 20.8 Å². The van der Waals surface area contributed by atoms with E-state index in [1.54, 1.807) is 0 Å². The van der Waals surface area contributed by atoms with Crippen LogP contribution in [0.1, 0.15) is 19.4 Å². The van der Waals surface area contributed by atoms with Crippen molar-refractivity contribution in [1.29, 1.82) is 0 Å². The molecule has 1 rings (SSSR count). The Balaban J connectivity index is 3.85. The molecule has 0 saturated heterocycles. The molecule has 21 heavy (non-hydrogen) atoms. The van der Waals surface area contributed by atoms with E-state index in [0.717, 1.165) is 13.8 Å². The first-order valence-electron chi connectivity index (χ1n) is 5.47. The van der Waals surface area contributed by atoms with Crippen molar-refractivity contribution in [2.75, 3.05) is 0 Å². The lowest BCUT2D eigenvalue weighted by molar-refractivity contribution is -0.276. The van der Waals surface area contributed by atoms with Crippen molar-refractivity contribution in [3.05, 3.63) is 23.0 Å². The summed E-state index contributed by atoms with van der Waals surface area (Å²) in [7, 11) is -4.68. The van der Waals surface area contributed by atoms with Crippen molar-refractivity contribution in [1.82, 2.24) is 0 Å². The van der Waals surface area contributed by atoms with Crippen LogP contribution in [0.5, 0.6) is 5.75 Å². The Bertz CT molecular complexity index is 664. The van der Waals surface area contributed by atoms with Crippen LogP contribution in [-0.4, -0.2) is 20.0 Å². The fraction of sp³-hybridized carbons (Fsp3) is 0.455. The van der Waals surface area contributed by atoms with Crippen molar-refractivity contribution in [2.24, 2.45) is 0 Å². The van der Waals surface area contributed by atoms with Gasteiger partial charge in [-0.15, -0.1) is 13.2 Å². The summed E-state index contributed by atoms with van der Waals surface area (Å²) >= 11 is 0. The van der Waals surface area contributed by atoms with Gasteiger partial charge < -0.3 is 4.74 Å². The summed E-state index contributed by atoms with van der Waals surface area (Å²) in [6.07, 6.45) is -5.40. The minimum atomic E-state index is -5.40. The largest absolute Gasteiger partial charge is 0.573 e. The van der Waals surface area contributed by atoms with Crippen molar-refractivity contribution in [2.45, 2.75) is 37.3 Å². The third-order valence-electron chi connectivity index (χ3n) is 2.58. The van der Waals surface area contributed by atoms with Gasteiger partial charge in [0.25, 0.3) is 0 Å². The van der Waals surface area contributed by atoms with E-state index in [9.17, 15) is 34.8 Å². The van der Waals surface area contributed by atoms with E-state index in [4.69, 9.17) is 0 Å². The van der Waals surface area contributed by atoms with Crippen LogP contribution >= 0.6 is 0 Å². The lowest BCUT2D eigenvalue weighted by atomic mass is 10.2. The highest BCUT2D eigenvalue weighted by Gasteiger charge is 2.40. The molecule has 0 heterocycles. The predicted molar refractivity (Wildman–Crippen MR) is 60.1 cm³/mol. The van der Waals surface area contributed by atoms with Crippen LogP contribution < -0.4 is 4.74 Å². The maximum atomic E-state index is 13.7. The molecule has 0 aliphatic heterocycles. The van der Waals surface area contributed by atoms with Gasteiger partial charge in [0.2, 0.25) is 0 Å². The summed E-state index contributed by atoms with van der Waals surface area (Å²) in [5, 5.41) is -1.37. The predicted octanol–water partition coefficient (Wildman–Crippen LogP) is 3.49. The summed E-state index contributed by atoms with van der Waals surface area (Å²) in [6.45, 7) is 2.74. The fourth-order valence-electron chi connectivity index (χ4n) is 1.46. The van der Waals surface area contributed by atoms with E-state index >= 15 is 0 Å². The van der Waals surface area contributed by atoms with Gasteiger partial charge in [0.05, 0.1) is 5.25 Å². The molecule has 1 aromatic carbocycles. The Morgan fingerprint density at radius 2 is 1.48 bits per heavy atom. The lowest BCUT2D eigenvalue weighted by Crippen LogP contribution is -2.24. The van der Waals surface area contributed by atoms with Crippen LogP contribution in [0.2, 0.25) is 0 Å². The number of sulfone groups is 1. The summed E-state index contributed by atoms with van der Waals surface area (Å²) < 4.78 is 104. The molecule has 0 amide bonds. The van der Waals surface area contributed by atoms with Gasteiger partial charge >= 0.3 is 6.36 Å². The highest BCUT2D eigenvalue weighted by molar-refractivity contribution is 7.92. The Morgan fingerprint density at radius 3 is 1.86 bits per heavy atom. The van der Waals surface area contributed by atoms with Gasteiger partial charge in [0.1, 0.15) is 4.90 Å². The third kappa shape index (κ3) is 3.25. The summed E-state index contributed by atoms with van der Waals surface area (Å²) in [4.78, 5) is -1.65. The molecule has 0 radical (unpaired) electrons. The topological polar surface area (TPSA) is 43.4 Å². The first-order chi connectivity index (χ1) is 9.30. The molecule has 0 atom stereocenters. The highest BCUT2D eigenvalue weighted by Crippen LogP contribution is 2.39. The van der Waals surface area contributed by atoms with Crippen LogP contribution in [0.4, 0.5) is 26.3 Å². The second kappa shape index (κ2) is 5.39. The third-order valence-corrected chi connectivity index (χ3v) is 4.76. The number of benzene rings is 1. The minimum absolute atomic E-state index is 0.651. The Labute approximate surface area is 116 Å². The smallest absolute Gasteiger partial charge is 0.404 e. The number of alkyl halides is 3. The first-order valence-corrected chi connectivity index (χ1v) is 7.02. The number of ether oxygens (including phenoxy) is 1. The second-order valence-corrected chi connectivity index (χ2v) is 6.81. The number of hydrogen-bond donors (Lipinski definition) is 0. The normalized spacial score (nSPS) is 12.9. The van der Waals surface area contributed by atoms with Gasteiger partial charge in [-0.3, -0.25) is 0 Å². The molecule has 0 spiro atoms. The minimum Gasteiger partial charge on any atom is -0.404 e. The number of hydrogen-bond acceptors (Lipinski definition) is 3. The number of halogens is 6. The molecule has 3 nitrogen and oxygen atoms in total. The van der Waals surface area contributed by atoms with E-state index in [1.165, 1.54) is 0 Å². The molecule has 10 heteroatoms. The van der Waals surface area contributed by atoms with Gasteiger partial charge in [0.15, 0.2) is 33.0 Å². The molecular weight excluding hydrogens is 326 g/mol. The molecule has 0 saturated carbocycles. The van der Waals surface area contributed by atoms with Crippen LogP contribution in [0.25, 0.3) is 0 Å². The fourth-order valence-corrected chi connectivity index (χ4v) is 2.72. The van der Waals surface area contributed by atoms with Gasteiger partial charge in [-0.1, -0.05) is 0 Å². The zero-order chi connectivity index (χ0) is 16.7. The molecule has 0 aliphatic carbocycles. The Morgan fingerprint density at radius 1 is 1.00 bits per heavy atom. The molecule has 0 fully saturated rings. The maximum Gasteiger partial charge on any atom is 0.573 e. The zero-order valence-electron chi connectivity index (χ0n) is 11.0. The summed E-state index contributed by atoms with van der Waals surface area (Å²) in [5.74, 6) is -7.98. The Kier molecular flexibility index (Phi) is 4.52. The van der Waals surface area contributed by atoms with E-state index in [0.29, 0.717) is 6.92 Å². The monoisotopic (exact) mass is 336 g/mol. The second-order valence-electron chi connectivity index (χ2n) is 4.37. The van der Waals surface area contributed by atoms with Crippen molar-refractivity contribution in [3.63, 3.8) is 0 Å². The van der Waals surface area contributed by atoms with Crippen LogP contribution in [0, 0.1) is 24.4 Å². The molecule has 0 aromatic heterocycles. The van der Waals surface area contributed by atoms with Crippen molar-refractivity contribution < 1.29 is 39.5 Å². The first kappa shape index (κ1) is 17.6. The quantitative estimate of drug-likeness (QED) is 0.482. The van der Waals surface area contributed by atoms with E-state index in [1.807, 2.05) is 0 Å². The standard InChI is InChI=1S/C11H10F6O3S/c1-4(2)21(18,19)10-8(14)7(13)6(12)5(3)9(10)20-11(15,16)17/h4H,1-3H3.